The highest BCUT2D eigenvalue weighted by Gasteiger charge is 2.38. The van der Waals surface area contributed by atoms with Crippen molar-refractivity contribution >= 4 is 10.2 Å². The lowest BCUT2D eigenvalue weighted by molar-refractivity contribution is 0.177. The third kappa shape index (κ3) is 3.71. The molecule has 0 aromatic carbocycles. The van der Waals surface area contributed by atoms with Gasteiger partial charge in [-0.3, -0.25) is 0 Å². The van der Waals surface area contributed by atoms with Crippen LogP contribution < -0.4 is 10.5 Å². The molecule has 0 aromatic heterocycles. The van der Waals surface area contributed by atoms with Crippen molar-refractivity contribution < 1.29 is 8.42 Å². The van der Waals surface area contributed by atoms with Crippen LogP contribution in [0.1, 0.15) is 32.6 Å². The Morgan fingerprint density at radius 3 is 2.50 bits per heavy atom. The first-order valence-corrected chi connectivity index (χ1v) is 8.98. The number of piperidine rings is 2. The Morgan fingerprint density at radius 1 is 1.30 bits per heavy atom. The van der Waals surface area contributed by atoms with Gasteiger partial charge < -0.3 is 10.6 Å². The fourth-order valence-electron chi connectivity index (χ4n) is 3.10. The SMILES string of the molecule is CC1CCCN(S(=O)(=O)NC2(CN)CCN(C)CC2)C1. The fraction of sp³-hybridized carbons (Fsp3) is 1.00. The zero-order valence-electron chi connectivity index (χ0n) is 12.6. The van der Waals surface area contributed by atoms with E-state index < -0.39 is 15.7 Å². The molecule has 2 aliphatic rings. The number of rotatable bonds is 4. The van der Waals surface area contributed by atoms with Crippen LogP contribution >= 0.6 is 0 Å². The highest BCUT2D eigenvalue weighted by molar-refractivity contribution is 7.87. The first-order valence-electron chi connectivity index (χ1n) is 7.54. The molecule has 0 saturated carbocycles. The summed E-state index contributed by atoms with van der Waals surface area (Å²) in [5, 5.41) is 0. The molecule has 2 heterocycles. The van der Waals surface area contributed by atoms with Crippen LogP contribution in [0, 0.1) is 5.92 Å². The summed E-state index contributed by atoms with van der Waals surface area (Å²) in [7, 11) is -1.36. The van der Waals surface area contributed by atoms with Gasteiger partial charge in [-0.15, -0.1) is 0 Å². The van der Waals surface area contributed by atoms with Crippen molar-refractivity contribution in [1.82, 2.24) is 13.9 Å². The van der Waals surface area contributed by atoms with Crippen LogP contribution in [0.2, 0.25) is 0 Å². The van der Waals surface area contributed by atoms with E-state index in [0.29, 0.717) is 25.6 Å². The van der Waals surface area contributed by atoms with E-state index in [1.807, 2.05) is 0 Å². The summed E-state index contributed by atoms with van der Waals surface area (Å²) in [5.41, 5.74) is 5.42. The molecule has 0 aliphatic carbocycles. The second-order valence-corrected chi connectivity index (χ2v) is 8.17. The quantitative estimate of drug-likeness (QED) is 0.765. The summed E-state index contributed by atoms with van der Waals surface area (Å²) in [5.74, 6) is 0.437. The van der Waals surface area contributed by atoms with Crippen LogP contribution in [0.3, 0.4) is 0 Å². The van der Waals surface area contributed by atoms with Crippen LogP contribution in [0.25, 0.3) is 0 Å². The van der Waals surface area contributed by atoms with Gasteiger partial charge >= 0.3 is 0 Å². The number of nitrogens with zero attached hydrogens (tertiary/aromatic N) is 2. The van der Waals surface area contributed by atoms with Crippen molar-refractivity contribution in [2.45, 2.75) is 38.1 Å². The molecule has 6 nitrogen and oxygen atoms in total. The maximum Gasteiger partial charge on any atom is 0.280 e. The van der Waals surface area contributed by atoms with Crippen LogP contribution in [0.15, 0.2) is 0 Å². The Kier molecular flexibility index (Phi) is 5.07. The molecule has 0 aromatic rings. The number of nitrogens with two attached hydrogens (primary N) is 1. The van der Waals surface area contributed by atoms with Gasteiger partial charge in [-0.2, -0.15) is 17.4 Å². The number of nitrogens with one attached hydrogen (secondary N) is 1. The summed E-state index contributed by atoms with van der Waals surface area (Å²) in [6.07, 6.45) is 3.62. The molecular weight excluding hydrogens is 276 g/mol. The first-order chi connectivity index (χ1) is 9.37. The monoisotopic (exact) mass is 304 g/mol. The number of likely N-dealkylation sites (tertiary alicyclic amines) is 1. The Morgan fingerprint density at radius 2 is 1.95 bits per heavy atom. The smallest absolute Gasteiger partial charge is 0.280 e. The van der Waals surface area contributed by atoms with E-state index in [1.165, 1.54) is 0 Å². The molecule has 1 unspecified atom stereocenters. The maximum absolute atomic E-state index is 12.6. The van der Waals surface area contributed by atoms with Gasteiger partial charge in [0.1, 0.15) is 0 Å². The predicted molar refractivity (Wildman–Crippen MR) is 80.5 cm³/mol. The standard InChI is InChI=1S/C13H28N4O2S/c1-12-4-3-7-17(10-12)20(18,19)15-13(11-14)5-8-16(2)9-6-13/h12,15H,3-11,14H2,1-2H3. The van der Waals surface area contributed by atoms with Crippen LogP contribution in [-0.2, 0) is 10.2 Å². The molecule has 0 spiro atoms. The van der Waals surface area contributed by atoms with E-state index in [1.54, 1.807) is 4.31 Å². The molecule has 7 heteroatoms. The van der Waals surface area contributed by atoms with Crippen molar-refractivity contribution in [2.24, 2.45) is 11.7 Å². The Bertz CT molecular complexity index is 418. The van der Waals surface area contributed by atoms with Crippen LogP contribution in [-0.4, -0.2) is 62.9 Å². The molecule has 2 aliphatic heterocycles. The van der Waals surface area contributed by atoms with E-state index in [0.717, 1.165) is 38.8 Å². The second kappa shape index (κ2) is 6.27. The molecular formula is C13H28N4O2S. The zero-order valence-corrected chi connectivity index (χ0v) is 13.5. The fourth-order valence-corrected chi connectivity index (χ4v) is 4.88. The van der Waals surface area contributed by atoms with Gasteiger partial charge in [0.05, 0.1) is 0 Å². The predicted octanol–water partition coefficient (Wildman–Crippen LogP) is -0.0242. The van der Waals surface area contributed by atoms with Gasteiger partial charge in [-0.25, -0.2) is 0 Å². The summed E-state index contributed by atoms with van der Waals surface area (Å²) >= 11 is 0. The zero-order chi connectivity index (χ0) is 14.8. The van der Waals surface area contributed by atoms with Gasteiger partial charge in [-0.05, 0) is 51.7 Å². The normalized spacial score (nSPS) is 29.4. The van der Waals surface area contributed by atoms with Crippen LogP contribution in [0.4, 0.5) is 0 Å². The van der Waals surface area contributed by atoms with Gasteiger partial charge in [0.15, 0.2) is 0 Å². The highest BCUT2D eigenvalue weighted by atomic mass is 32.2. The van der Waals surface area contributed by atoms with Crippen molar-refractivity contribution in [3.8, 4) is 0 Å². The van der Waals surface area contributed by atoms with Gasteiger partial charge in [0.2, 0.25) is 0 Å². The minimum absolute atomic E-state index is 0.365. The molecule has 20 heavy (non-hydrogen) atoms. The Balaban J connectivity index is 2.05. The second-order valence-electron chi connectivity index (χ2n) is 6.50. The number of hydrogen-bond acceptors (Lipinski definition) is 4. The number of hydrogen-bond donors (Lipinski definition) is 2. The average molecular weight is 304 g/mol. The minimum Gasteiger partial charge on any atom is -0.329 e. The largest absolute Gasteiger partial charge is 0.329 e. The average Bonchev–Trinajstić information content (AvgIpc) is 2.41. The Labute approximate surface area is 122 Å². The van der Waals surface area contributed by atoms with Gasteiger partial charge in [0, 0.05) is 25.2 Å². The molecule has 1 atom stereocenters. The van der Waals surface area contributed by atoms with Crippen LogP contribution in [0.5, 0.6) is 0 Å². The van der Waals surface area contributed by atoms with Crippen molar-refractivity contribution in [3.05, 3.63) is 0 Å². The molecule has 0 radical (unpaired) electrons. The summed E-state index contributed by atoms with van der Waals surface area (Å²) in [6.45, 7) is 5.49. The Hall–Kier alpha value is -0.210. The maximum atomic E-state index is 12.6. The van der Waals surface area contributed by atoms with E-state index in [-0.39, 0.29) is 0 Å². The van der Waals surface area contributed by atoms with Crippen molar-refractivity contribution in [1.29, 1.82) is 0 Å². The lowest BCUT2D eigenvalue weighted by Gasteiger charge is -2.42. The summed E-state index contributed by atoms with van der Waals surface area (Å²) < 4.78 is 29.7. The summed E-state index contributed by atoms with van der Waals surface area (Å²) in [6, 6.07) is 0. The molecule has 0 bridgehead atoms. The highest BCUT2D eigenvalue weighted by Crippen LogP contribution is 2.24. The van der Waals surface area contributed by atoms with Gasteiger partial charge in [0.25, 0.3) is 10.2 Å². The molecule has 2 saturated heterocycles. The molecule has 0 amide bonds. The third-order valence-electron chi connectivity index (χ3n) is 4.64. The van der Waals surface area contributed by atoms with E-state index in [2.05, 4.69) is 23.6 Å². The lowest BCUT2D eigenvalue weighted by Crippen LogP contribution is -2.61. The van der Waals surface area contributed by atoms with Crippen molar-refractivity contribution in [3.63, 3.8) is 0 Å². The molecule has 118 valence electrons. The third-order valence-corrected chi connectivity index (χ3v) is 6.34. The van der Waals surface area contributed by atoms with Crippen molar-refractivity contribution in [2.75, 3.05) is 39.8 Å². The van der Waals surface area contributed by atoms with E-state index in [9.17, 15) is 8.42 Å². The minimum atomic E-state index is -3.42. The summed E-state index contributed by atoms with van der Waals surface area (Å²) in [4.78, 5) is 2.21. The first kappa shape index (κ1) is 16.2. The molecule has 2 fully saturated rings. The van der Waals surface area contributed by atoms with E-state index in [4.69, 9.17) is 5.73 Å². The lowest BCUT2D eigenvalue weighted by atomic mass is 9.89. The molecule has 2 rings (SSSR count). The topological polar surface area (TPSA) is 78.7 Å². The molecule has 3 N–H and O–H groups in total. The van der Waals surface area contributed by atoms with E-state index >= 15 is 0 Å². The van der Waals surface area contributed by atoms with Gasteiger partial charge in [-0.1, -0.05) is 6.92 Å².